The van der Waals surface area contributed by atoms with Crippen molar-refractivity contribution in [3.05, 3.63) is 23.2 Å². The van der Waals surface area contributed by atoms with Gasteiger partial charge in [-0.1, -0.05) is 11.6 Å². The second-order valence-electron chi connectivity index (χ2n) is 4.62. The van der Waals surface area contributed by atoms with Crippen LogP contribution >= 0.6 is 11.6 Å². The quantitative estimate of drug-likeness (QED) is 0.755. The fourth-order valence-corrected chi connectivity index (χ4v) is 2.40. The predicted octanol–water partition coefficient (Wildman–Crippen LogP) is 2.53. The molecular weight excluding hydrogens is 264 g/mol. The maximum absolute atomic E-state index is 6.06. The van der Waals surface area contributed by atoms with Crippen LogP contribution in [0.2, 0.25) is 5.02 Å². The largest absolute Gasteiger partial charge is 0.495 e. The van der Waals surface area contributed by atoms with Crippen molar-refractivity contribution in [1.29, 1.82) is 0 Å². The molecule has 2 N–H and O–H groups in total. The molecule has 1 aliphatic heterocycles. The molecule has 1 aromatic rings. The van der Waals surface area contributed by atoms with Gasteiger partial charge < -0.3 is 20.1 Å². The first kappa shape index (κ1) is 14.4. The molecule has 2 rings (SSSR count). The average molecular weight is 285 g/mol. The lowest BCUT2D eigenvalue weighted by Gasteiger charge is -2.12. The van der Waals surface area contributed by atoms with Crippen LogP contribution in [0.15, 0.2) is 18.2 Å². The maximum atomic E-state index is 6.06. The van der Waals surface area contributed by atoms with Crippen molar-refractivity contribution in [3.63, 3.8) is 0 Å². The Morgan fingerprint density at radius 1 is 1.42 bits per heavy atom. The zero-order valence-corrected chi connectivity index (χ0v) is 12.0. The Kier molecular flexibility index (Phi) is 5.76. The Hall–Kier alpha value is -0.970. The van der Waals surface area contributed by atoms with E-state index in [1.54, 1.807) is 7.11 Å². The molecule has 19 heavy (non-hydrogen) atoms. The highest BCUT2D eigenvalue weighted by molar-refractivity contribution is 6.32. The molecule has 1 saturated heterocycles. The van der Waals surface area contributed by atoms with Crippen molar-refractivity contribution in [3.8, 4) is 5.75 Å². The van der Waals surface area contributed by atoms with Gasteiger partial charge in [-0.05, 0) is 31.0 Å². The zero-order valence-electron chi connectivity index (χ0n) is 11.2. The van der Waals surface area contributed by atoms with E-state index < -0.39 is 0 Å². The molecule has 1 aliphatic rings. The molecule has 1 aromatic carbocycles. The van der Waals surface area contributed by atoms with Gasteiger partial charge in [0.05, 0.1) is 18.2 Å². The average Bonchev–Trinajstić information content (AvgIpc) is 2.92. The Bertz CT molecular complexity index is 395. The minimum atomic E-state index is 0.399. The third-order valence-electron chi connectivity index (χ3n) is 3.18. The van der Waals surface area contributed by atoms with Gasteiger partial charge in [0.15, 0.2) is 0 Å². The number of hydrogen-bond acceptors (Lipinski definition) is 4. The van der Waals surface area contributed by atoms with Crippen LogP contribution in [0, 0.1) is 0 Å². The van der Waals surface area contributed by atoms with Gasteiger partial charge in [-0.3, -0.25) is 0 Å². The number of benzene rings is 1. The molecule has 1 heterocycles. The monoisotopic (exact) mass is 284 g/mol. The molecule has 0 amide bonds. The summed E-state index contributed by atoms with van der Waals surface area (Å²) in [6.45, 7) is 3.61. The van der Waals surface area contributed by atoms with Crippen molar-refractivity contribution in [2.45, 2.75) is 18.9 Å². The smallest absolute Gasteiger partial charge is 0.137 e. The van der Waals surface area contributed by atoms with Crippen LogP contribution in [0.5, 0.6) is 5.75 Å². The SMILES string of the molecule is COc1ccc(NCCNCC2CCCO2)cc1Cl. The summed E-state index contributed by atoms with van der Waals surface area (Å²) in [5.74, 6) is 0.698. The standard InChI is InChI=1S/C14H21ClN2O2/c1-18-14-5-4-11(9-13(14)15)17-7-6-16-10-12-3-2-8-19-12/h4-5,9,12,16-17H,2-3,6-8,10H2,1H3. The van der Waals surface area contributed by atoms with Crippen molar-refractivity contribution in [2.24, 2.45) is 0 Å². The molecule has 1 unspecified atom stereocenters. The van der Waals surface area contributed by atoms with Crippen LogP contribution < -0.4 is 15.4 Å². The molecule has 0 spiro atoms. The molecule has 5 heteroatoms. The molecule has 1 atom stereocenters. The lowest BCUT2D eigenvalue weighted by atomic mass is 10.2. The third kappa shape index (κ3) is 4.56. The van der Waals surface area contributed by atoms with E-state index in [1.807, 2.05) is 18.2 Å². The van der Waals surface area contributed by atoms with Crippen LogP contribution in [0.25, 0.3) is 0 Å². The van der Waals surface area contributed by atoms with Crippen molar-refractivity contribution >= 4 is 17.3 Å². The predicted molar refractivity (Wildman–Crippen MR) is 78.3 cm³/mol. The lowest BCUT2D eigenvalue weighted by molar-refractivity contribution is 0.110. The fourth-order valence-electron chi connectivity index (χ4n) is 2.14. The van der Waals surface area contributed by atoms with Gasteiger partial charge >= 0.3 is 0 Å². The highest BCUT2D eigenvalue weighted by Crippen LogP contribution is 2.26. The molecule has 0 bridgehead atoms. The van der Waals surface area contributed by atoms with E-state index in [-0.39, 0.29) is 0 Å². The van der Waals surface area contributed by atoms with Crippen LogP contribution in [0.1, 0.15) is 12.8 Å². The van der Waals surface area contributed by atoms with Gasteiger partial charge in [0.25, 0.3) is 0 Å². The summed E-state index contributed by atoms with van der Waals surface area (Å²) in [7, 11) is 1.61. The Balaban J connectivity index is 1.63. The van der Waals surface area contributed by atoms with Gasteiger partial charge in [-0.15, -0.1) is 0 Å². The highest BCUT2D eigenvalue weighted by Gasteiger charge is 2.14. The molecule has 0 radical (unpaired) electrons. The van der Waals surface area contributed by atoms with Crippen molar-refractivity contribution in [1.82, 2.24) is 5.32 Å². The summed E-state index contributed by atoms with van der Waals surface area (Å²) in [6.07, 6.45) is 2.76. The van der Waals surface area contributed by atoms with Crippen molar-refractivity contribution < 1.29 is 9.47 Å². The van der Waals surface area contributed by atoms with E-state index in [1.165, 1.54) is 12.8 Å². The summed E-state index contributed by atoms with van der Waals surface area (Å²) in [4.78, 5) is 0. The van der Waals surface area contributed by atoms with Gasteiger partial charge in [-0.2, -0.15) is 0 Å². The van der Waals surface area contributed by atoms with Gasteiger partial charge in [0.1, 0.15) is 5.75 Å². The van der Waals surface area contributed by atoms with E-state index in [0.29, 0.717) is 16.9 Å². The molecule has 106 valence electrons. The molecule has 1 fully saturated rings. The third-order valence-corrected chi connectivity index (χ3v) is 3.47. The minimum Gasteiger partial charge on any atom is -0.495 e. The number of methoxy groups -OCH3 is 1. The second kappa shape index (κ2) is 7.58. The van der Waals surface area contributed by atoms with E-state index in [2.05, 4.69) is 10.6 Å². The van der Waals surface area contributed by atoms with Gasteiger partial charge in [0, 0.05) is 31.9 Å². The van der Waals surface area contributed by atoms with Crippen LogP contribution in [-0.4, -0.2) is 39.5 Å². The number of ether oxygens (including phenoxy) is 2. The highest BCUT2D eigenvalue weighted by atomic mass is 35.5. The number of nitrogens with one attached hydrogen (secondary N) is 2. The number of halogens is 1. The lowest BCUT2D eigenvalue weighted by Crippen LogP contribution is -2.30. The maximum Gasteiger partial charge on any atom is 0.137 e. The topological polar surface area (TPSA) is 42.5 Å². The van der Waals surface area contributed by atoms with Crippen LogP contribution in [0.4, 0.5) is 5.69 Å². The van der Waals surface area contributed by atoms with Gasteiger partial charge in [-0.25, -0.2) is 0 Å². The molecule has 0 aromatic heterocycles. The minimum absolute atomic E-state index is 0.399. The zero-order chi connectivity index (χ0) is 13.5. The Labute approximate surface area is 119 Å². The summed E-state index contributed by atoms with van der Waals surface area (Å²) < 4.78 is 10.7. The summed E-state index contributed by atoms with van der Waals surface area (Å²) >= 11 is 6.06. The summed E-state index contributed by atoms with van der Waals surface area (Å²) in [5, 5.41) is 7.33. The molecular formula is C14H21ClN2O2. The normalized spacial score (nSPS) is 18.5. The molecule has 0 aliphatic carbocycles. The number of anilines is 1. The summed E-state index contributed by atoms with van der Waals surface area (Å²) in [5.41, 5.74) is 1.00. The first-order valence-electron chi connectivity index (χ1n) is 6.69. The van der Waals surface area contributed by atoms with Gasteiger partial charge in [0.2, 0.25) is 0 Å². The first-order chi connectivity index (χ1) is 9.29. The van der Waals surface area contributed by atoms with E-state index in [9.17, 15) is 0 Å². The van der Waals surface area contributed by atoms with Crippen LogP contribution in [-0.2, 0) is 4.74 Å². The van der Waals surface area contributed by atoms with Crippen LogP contribution in [0.3, 0.4) is 0 Å². The van der Waals surface area contributed by atoms with E-state index in [4.69, 9.17) is 21.1 Å². The molecule has 4 nitrogen and oxygen atoms in total. The Morgan fingerprint density at radius 3 is 3.00 bits per heavy atom. The second-order valence-corrected chi connectivity index (χ2v) is 5.02. The van der Waals surface area contributed by atoms with Crippen molar-refractivity contribution in [2.75, 3.05) is 38.7 Å². The van der Waals surface area contributed by atoms with E-state index >= 15 is 0 Å². The number of hydrogen-bond donors (Lipinski definition) is 2. The number of rotatable bonds is 7. The molecule has 0 saturated carbocycles. The first-order valence-corrected chi connectivity index (χ1v) is 7.07. The van der Waals surface area contributed by atoms with E-state index in [0.717, 1.165) is 31.9 Å². The summed E-state index contributed by atoms with van der Waals surface area (Å²) in [6, 6.07) is 5.70. The Morgan fingerprint density at radius 2 is 2.32 bits per heavy atom. The fraction of sp³-hybridized carbons (Fsp3) is 0.571.